The van der Waals surface area contributed by atoms with Crippen molar-refractivity contribution < 1.29 is 14.7 Å². The number of piperidine rings is 1. The molecule has 7 heteroatoms. The van der Waals surface area contributed by atoms with Gasteiger partial charge in [0, 0.05) is 29.4 Å². The van der Waals surface area contributed by atoms with E-state index in [0.717, 1.165) is 58.7 Å². The highest BCUT2D eigenvalue weighted by Gasteiger charge is 2.28. The smallest absolute Gasteiger partial charge is 0.243 e. The molecule has 1 aromatic heterocycles. The first-order valence-electron chi connectivity index (χ1n) is 13.1. The molecular formula is C30H34N4O3. The van der Waals surface area contributed by atoms with E-state index in [2.05, 4.69) is 33.1 Å². The van der Waals surface area contributed by atoms with E-state index in [0.29, 0.717) is 12.8 Å². The predicted molar refractivity (Wildman–Crippen MR) is 146 cm³/mol. The van der Waals surface area contributed by atoms with Crippen LogP contribution in [-0.2, 0) is 22.4 Å². The maximum Gasteiger partial charge on any atom is 0.243 e. The average Bonchev–Trinajstić information content (AvgIpc) is 3.35. The first-order chi connectivity index (χ1) is 18.1. The minimum absolute atomic E-state index is 0.0837. The number of hydrogen-bond donors (Lipinski definition) is 5. The predicted octanol–water partition coefficient (Wildman–Crippen LogP) is 3.07. The largest absolute Gasteiger partial charge is 0.394 e. The van der Waals surface area contributed by atoms with Crippen molar-refractivity contribution in [2.75, 3.05) is 19.7 Å². The van der Waals surface area contributed by atoms with E-state index in [4.69, 9.17) is 0 Å². The molecule has 0 spiro atoms. The molecule has 192 valence electrons. The van der Waals surface area contributed by atoms with Crippen LogP contribution < -0.4 is 16.0 Å². The van der Waals surface area contributed by atoms with E-state index in [1.165, 1.54) is 0 Å². The maximum absolute atomic E-state index is 13.5. The van der Waals surface area contributed by atoms with Crippen LogP contribution >= 0.6 is 0 Å². The second kappa shape index (κ2) is 11.6. The first-order valence-corrected chi connectivity index (χ1v) is 13.1. The molecule has 1 unspecified atom stereocenters. The summed E-state index contributed by atoms with van der Waals surface area (Å²) >= 11 is 0. The highest BCUT2D eigenvalue weighted by Crippen LogP contribution is 2.20. The van der Waals surface area contributed by atoms with Crippen molar-refractivity contribution in [2.45, 2.75) is 37.8 Å². The molecule has 1 aliphatic heterocycles. The standard InChI is InChI=1S/C30H34N4O3/c35-19-25(17-24-18-32-27-8-4-3-7-26(24)27)33-30(37)28(34-29(36)22-11-13-31-14-12-22)16-20-9-10-21-5-1-2-6-23(21)15-20/h1-10,15,18,22,25,28,31-32,35H,11-14,16-17,19H2,(H,33,37)(H,34,36)/t25-,28?/m0/s1. The molecule has 0 aliphatic carbocycles. The van der Waals surface area contributed by atoms with Gasteiger partial charge in [0.25, 0.3) is 0 Å². The van der Waals surface area contributed by atoms with Crippen molar-refractivity contribution in [1.29, 1.82) is 0 Å². The molecule has 2 amide bonds. The third-order valence-corrected chi connectivity index (χ3v) is 7.30. The Morgan fingerprint density at radius 1 is 0.919 bits per heavy atom. The van der Waals surface area contributed by atoms with Gasteiger partial charge in [-0.05, 0) is 60.3 Å². The molecule has 1 fully saturated rings. The van der Waals surface area contributed by atoms with E-state index < -0.39 is 12.1 Å². The number of para-hydroxylation sites is 1. The summed E-state index contributed by atoms with van der Waals surface area (Å²) in [5.41, 5.74) is 3.02. The SMILES string of the molecule is O=C(NC(Cc1ccc2ccccc2c1)C(=O)N[C@H](CO)Cc1c[nH]c2ccccc12)C1CCNCC1. The van der Waals surface area contributed by atoms with Crippen LogP contribution in [0.1, 0.15) is 24.0 Å². The number of hydrogen-bond acceptors (Lipinski definition) is 4. The Bertz CT molecular complexity index is 1380. The second-order valence-corrected chi connectivity index (χ2v) is 9.92. The number of aromatic nitrogens is 1. The number of fused-ring (bicyclic) bond motifs is 2. The minimum atomic E-state index is -0.736. The minimum Gasteiger partial charge on any atom is -0.394 e. The zero-order valence-corrected chi connectivity index (χ0v) is 20.9. The summed E-state index contributed by atoms with van der Waals surface area (Å²) in [5, 5.41) is 22.7. The van der Waals surface area contributed by atoms with Crippen LogP contribution in [0, 0.1) is 5.92 Å². The molecule has 3 aromatic carbocycles. The third kappa shape index (κ3) is 6.01. The number of benzene rings is 3. The van der Waals surface area contributed by atoms with Gasteiger partial charge in [0.05, 0.1) is 12.6 Å². The fourth-order valence-corrected chi connectivity index (χ4v) is 5.21. The van der Waals surface area contributed by atoms with Gasteiger partial charge in [-0.25, -0.2) is 0 Å². The number of H-pyrrole nitrogens is 1. The highest BCUT2D eigenvalue weighted by molar-refractivity contribution is 5.90. The fraction of sp³-hybridized carbons (Fsp3) is 0.333. The van der Waals surface area contributed by atoms with E-state index in [1.54, 1.807) is 0 Å². The number of carbonyl (C=O) groups is 2. The van der Waals surface area contributed by atoms with Crippen LogP contribution in [0.5, 0.6) is 0 Å². The van der Waals surface area contributed by atoms with Crippen molar-refractivity contribution >= 4 is 33.5 Å². The summed E-state index contributed by atoms with van der Waals surface area (Å²) in [5.74, 6) is -0.470. The van der Waals surface area contributed by atoms with Crippen LogP contribution in [-0.4, -0.2) is 53.7 Å². The van der Waals surface area contributed by atoms with Crippen molar-refractivity contribution in [3.8, 4) is 0 Å². The Kier molecular flexibility index (Phi) is 7.82. The second-order valence-electron chi connectivity index (χ2n) is 9.92. The molecule has 5 N–H and O–H groups in total. The number of aliphatic hydroxyl groups excluding tert-OH is 1. The zero-order chi connectivity index (χ0) is 25.6. The topological polar surface area (TPSA) is 106 Å². The van der Waals surface area contributed by atoms with Gasteiger partial charge in [0.15, 0.2) is 0 Å². The molecule has 0 saturated carbocycles. The molecular weight excluding hydrogens is 464 g/mol. The number of aliphatic hydroxyl groups is 1. The van der Waals surface area contributed by atoms with Crippen LogP contribution in [0.2, 0.25) is 0 Å². The third-order valence-electron chi connectivity index (χ3n) is 7.30. The van der Waals surface area contributed by atoms with Crippen molar-refractivity contribution in [1.82, 2.24) is 20.9 Å². The Balaban J connectivity index is 1.33. The number of aromatic amines is 1. The lowest BCUT2D eigenvalue weighted by Gasteiger charge is -2.26. The van der Waals surface area contributed by atoms with Gasteiger partial charge in [0.2, 0.25) is 11.8 Å². The number of nitrogens with one attached hydrogen (secondary N) is 4. The average molecular weight is 499 g/mol. The Morgan fingerprint density at radius 2 is 1.68 bits per heavy atom. The molecule has 2 heterocycles. The molecule has 1 saturated heterocycles. The van der Waals surface area contributed by atoms with Crippen molar-refractivity contribution in [3.05, 3.63) is 84.1 Å². The van der Waals surface area contributed by atoms with Gasteiger partial charge in [-0.2, -0.15) is 0 Å². The van der Waals surface area contributed by atoms with E-state index >= 15 is 0 Å². The van der Waals surface area contributed by atoms with E-state index in [9.17, 15) is 14.7 Å². The van der Waals surface area contributed by atoms with Crippen molar-refractivity contribution in [2.24, 2.45) is 5.92 Å². The molecule has 4 aromatic rings. The molecule has 5 rings (SSSR count). The van der Waals surface area contributed by atoms with Gasteiger partial charge in [-0.1, -0.05) is 60.7 Å². The summed E-state index contributed by atoms with van der Waals surface area (Å²) in [4.78, 5) is 29.9. The Morgan fingerprint density at radius 3 is 2.49 bits per heavy atom. The Hall–Kier alpha value is -3.68. The number of amides is 2. The van der Waals surface area contributed by atoms with Gasteiger partial charge >= 0.3 is 0 Å². The fourth-order valence-electron chi connectivity index (χ4n) is 5.21. The number of carbonyl (C=O) groups excluding carboxylic acids is 2. The van der Waals surface area contributed by atoms with Gasteiger partial charge in [-0.3, -0.25) is 9.59 Å². The number of rotatable bonds is 9. The lowest BCUT2D eigenvalue weighted by Crippen LogP contribution is -2.53. The van der Waals surface area contributed by atoms with Gasteiger partial charge < -0.3 is 26.0 Å². The first kappa shape index (κ1) is 25.0. The van der Waals surface area contributed by atoms with Gasteiger partial charge in [0.1, 0.15) is 6.04 Å². The van der Waals surface area contributed by atoms with Crippen LogP contribution in [0.4, 0.5) is 0 Å². The lowest BCUT2D eigenvalue weighted by molar-refractivity contribution is -0.132. The van der Waals surface area contributed by atoms with Gasteiger partial charge in [-0.15, -0.1) is 0 Å². The van der Waals surface area contributed by atoms with Crippen molar-refractivity contribution in [3.63, 3.8) is 0 Å². The summed E-state index contributed by atoms with van der Waals surface area (Å²) < 4.78 is 0. The quantitative estimate of drug-likeness (QED) is 0.245. The Labute approximate surface area is 216 Å². The monoisotopic (exact) mass is 498 g/mol. The molecule has 0 bridgehead atoms. The van der Waals surface area contributed by atoms with E-state index in [1.807, 2.05) is 60.8 Å². The molecule has 2 atom stereocenters. The van der Waals surface area contributed by atoms with Crippen LogP contribution in [0.3, 0.4) is 0 Å². The molecule has 37 heavy (non-hydrogen) atoms. The van der Waals surface area contributed by atoms with Crippen LogP contribution in [0.25, 0.3) is 21.7 Å². The molecule has 7 nitrogen and oxygen atoms in total. The summed E-state index contributed by atoms with van der Waals surface area (Å²) in [7, 11) is 0. The zero-order valence-electron chi connectivity index (χ0n) is 20.9. The molecule has 0 radical (unpaired) electrons. The lowest BCUT2D eigenvalue weighted by atomic mass is 9.95. The van der Waals surface area contributed by atoms with E-state index in [-0.39, 0.29) is 24.3 Å². The summed E-state index contributed by atoms with van der Waals surface area (Å²) in [6.07, 6.45) is 4.30. The highest BCUT2D eigenvalue weighted by atomic mass is 16.3. The normalized spacial score (nSPS) is 15.9. The summed E-state index contributed by atoms with van der Waals surface area (Å²) in [6, 6.07) is 21.0. The van der Waals surface area contributed by atoms with Crippen LogP contribution in [0.15, 0.2) is 72.9 Å². The summed E-state index contributed by atoms with van der Waals surface area (Å²) in [6.45, 7) is 1.41. The molecule has 1 aliphatic rings. The maximum atomic E-state index is 13.5.